The first kappa shape index (κ1) is 19.4. The Morgan fingerprint density at radius 2 is 1.77 bits per heavy atom. The van der Waals surface area contributed by atoms with Crippen molar-refractivity contribution in [1.29, 1.82) is 0 Å². The third kappa shape index (κ3) is 5.03. The summed E-state index contributed by atoms with van der Waals surface area (Å²) >= 11 is 0. The Labute approximate surface area is 151 Å². The van der Waals surface area contributed by atoms with Gasteiger partial charge >= 0.3 is 0 Å². The Hall–Kier alpha value is -2.94. The van der Waals surface area contributed by atoms with Crippen LogP contribution in [-0.4, -0.2) is 25.4 Å². The fourth-order valence-corrected chi connectivity index (χ4v) is 2.96. The highest BCUT2D eigenvalue weighted by atomic mass is 32.2. The summed E-state index contributed by atoms with van der Waals surface area (Å²) < 4.78 is 24.8. The molecule has 2 N–H and O–H groups in total. The maximum atomic E-state index is 11.4. The predicted molar refractivity (Wildman–Crippen MR) is 100 cm³/mol. The normalized spacial score (nSPS) is 12.3. The van der Waals surface area contributed by atoms with Crippen molar-refractivity contribution in [2.75, 3.05) is 16.3 Å². The number of carbonyl (C=O) groups is 1. The maximum absolute atomic E-state index is 11.4. The summed E-state index contributed by atoms with van der Waals surface area (Å²) in [5.41, 5.74) is 1.63. The number of anilines is 2. The average Bonchev–Trinajstić information content (AvgIpc) is 2.53. The van der Waals surface area contributed by atoms with E-state index in [1.54, 1.807) is 24.3 Å². The summed E-state index contributed by atoms with van der Waals surface area (Å²) in [5.74, 6) is -0.248. The van der Waals surface area contributed by atoms with Gasteiger partial charge in [-0.1, -0.05) is 12.1 Å². The third-order valence-electron chi connectivity index (χ3n) is 3.69. The van der Waals surface area contributed by atoms with Gasteiger partial charge in [-0.2, -0.15) is 0 Å². The van der Waals surface area contributed by atoms with Crippen LogP contribution in [-0.2, 0) is 10.0 Å². The summed E-state index contributed by atoms with van der Waals surface area (Å²) in [5, 5.41) is 14.3. The van der Waals surface area contributed by atoms with Crippen LogP contribution < -0.4 is 10.0 Å². The van der Waals surface area contributed by atoms with Gasteiger partial charge in [-0.3, -0.25) is 19.6 Å². The second kappa shape index (κ2) is 7.52. The number of sulfonamides is 1. The molecule has 0 radical (unpaired) electrons. The van der Waals surface area contributed by atoms with Gasteiger partial charge in [0.2, 0.25) is 10.0 Å². The molecule has 0 saturated heterocycles. The smallest absolute Gasteiger partial charge is 0.293 e. The molecule has 0 aliphatic heterocycles. The highest BCUT2D eigenvalue weighted by Gasteiger charge is 2.18. The zero-order valence-corrected chi connectivity index (χ0v) is 15.3. The monoisotopic (exact) mass is 377 g/mol. The van der Waals surface area contributed by atoms with Crippen molar-refractivity contribution in [3.63, 3.8) is 0 Å². The quantitative estimate of drug-likeness (QED) is 0.434. The summed E-state index contributed by atoms with van der Waals surface area (Å²) in [6, 6.07) is 10.7. The molecule has 9 heteroatoms. The standard InChI is InChI=1S/C17H19N3O5S/c1-11(13-4-7-15(8-5-13)19-26(3,24)25)18-16-9-6-14(12(2)21)10-17(16)20(22)23/h4-11,18-19H,1-3H3/t11-/m0/s1. The largest absolute Gasteiger partial charge is 0.373 e. The Kier molecular flexibility index (Phi) is 5.61. The lowest BCUT2D eigenvalue weighted by Gasteiger charge is -2.16. The third-order valence-corrected chi connectivity index (χ3v) is 4.29. The summed E-state index contributed by atoms with van der Waals surface area (Å²) in [7, 11) is -3.35. The number of ketones is 1. The van der Waals surface area contributed by atoms with Crippen LogP contribution in [0.25, 0.3) is 0 Å². The molecule has 0 saturated carbocycles. The molecule has 2 rings (SSSR count). The molecule has 0 spiro atoms. The van der Waals surface area contributed by atoms with Gasteiger partial charge < -0.3 is 5.32 Å². The van der Waals surface area contributed by atoms with Gasteiger partial charge in [-0.15, -0.1) is 0 Å². The highest BCUT2D eigenvalue weighted by molar-refractivity contribution is 7.92. The van der Waals surface area contributed by atoms with Gasteiger partial charge in [0, 0.05) is 23.4 Å². The van der Waals surface area contributed by atoms with Gasteiger partial charge in [0.15, 0.2) is 5.78 Å². The van der Waals surface area contributed by atoms with Crippen LogP contribution in [0.1, 0.15) is 35.8 Å². The number of rotatable bonds is 7. The van der Waals surface area contributed by atoms with E-state index in [-0.39, 0.29) is 23.1 Å². The number of hydrogen-bond donors (Lipinski definition) is 2. The average molecular weight is 377 g/mol. The molecule has 0 aliphatic rings. The minimum Gasteiger partial charge on any atom is -0.373 e. The number of nitro benzene ring substituents is 1. The number of Topliss-reactive ketones (excluding diaryl/α,β-unsaturated/α-hetero) is 1. The molecule has 26 heavy (non-hydrogen) atoms. The Morgan fingerprint density at radius 3 is 2.27 bits per heavy atom. The second-order valence-electron chi connectivity index (χ2n) is 5.91. The zero-order chi connectivity index (χ0) is 19.5. The minimum absolute atomic E-state index is 0.181. The molecule has 0 unspecified atom stereocenters. The van der Waals surface area contributed by atoms with Crippen molar-refractivity contribution in [3.05, 3.63) is 63.7 Å². The first-order valence-electron chi connectivity index (χ1n) is 7.70. The first-order valence-corrected chi connectivity index (χ1v) is 9.59. The van der Waals surface area contributed by atoms with E-state index in [1.165, 1.54) is 25.1 Å². The molecule has 0 amide bonds. The predicted octanol–water partition coefficient (Wildman–Crippen LogP) is 3.34. The fraction of sp³-hybridized carbons (Fsp3) is 0.235. The minimum atomic E-state index is -3.35. The van der Waals surface area contributed by atoms with E-state index in [2.05, 4.69) is 10.0 Å². The van der Waals surface area contributed by atoms with Crippen LogP contribution >= 0.6 is 0 Å². The van der Waals surface area contributed by atoms with Crippen LogP contribution in [0.15, 0.2) is 42.5 Å². The van der Waals surface area contributed by atoms with Gasteiger partial charge in [0.1, 0.15) is 5.69 Å². The van der Waals surface area contributed by atoms with Crippen molar-refractivity contribution in [2.45, 2.75) is 19.9 Å². The molecule has 8 nitrogen and oxygen atoms in total. The number of carbonyl (C=O) groups excluding carboxylic acids is 1. The number of hydrogen-bond acceptors (Lipinski definition) is 6. The van der Waals surface area contributed by atoms with E-state index in [0.29, 0.717) is 11.4 Å². The number of benzene rings is 2. The number of nitrogens with zero attached hydrogens (tertiary/aromatic N) is 1. The highest BCUT2D eigenvalue weighted by Crippen LogP contribution is 2.29. The van der Waals surface area contributed by atoms with Crippen LogP contribution in [0.4, 0.5) is 17.1 Å². The SMILES string of the molecule is CC(=O)c1ccc(N[C@@H](C)c2ccc(NS(C)(=O)=O)cc2)c([N+](=O)[O-])c1. The van der Waals surface area contributed by atoms with E-state index >= 15 is 0 Å². The first-order chi connectivity index (χ1) is 12.1. The summed E-state index contributed by atoms with van der Waals surface area (Å²) in [6.45, 7) is 3.17. The van der Waals surface area contributed by atoms with Crippen LogP contribution in [0, 0.1) is 10.1 Å². The topological polar surface area (TPSA) is 118 Å². The number of nitrogens with one attached hydrogen (secondary N) is 2. The molecule has 0 aliphatic carbocycles. The van der Waals surface area contributed by atoms with Crippen LogP contribution in [0.2, 0.25) is 0 Å². The van der Waals surface area contributed by atoms with Crippen LogP contribution in [0.3, 0.4) is 0 Å². The van der Waals surface area contributed by atoms with Crippen molar-refractivity contribution in [2.24, 2.45) is 0 Å². The van der Waals surface area contributed by atoms with Gasteiger partial charge in [-0.25, -0.2) is 8.42 Å². The maximum Gasteiger partial charge on any atom is 0.293 e. The fourth-order valence-electron chi connectivity index (χ4n) is 2.39. The molecule has 1 atom stereocenters. The van der Waals surface area contributed by atoms with E-state index in [0.717, 1.165) is 11.8 Å². The molecule has 138 valence electrons. The Balaban J connectivity index is 2.23. The molecular weight excluding hydrogens is 358 g/mol. The van der Waals surface area contributed by atoms with Crippen molar-refractivity contribution < 1.29 is 18.1 Å². The number of nitro groups is 1. The van der Waals surface area contributed by atoms with Gasteiger partial charge in [-0.05, 0) is 43.7 Å². The molecule has 0 bridgehead atoms. The van der Waals surface area contributed by atoms with Gasteiger partial charge in [0.05, 0.1) is 11.2 Å². The zero-order valence-electron chi connectivity index (χ0n) is 14.5. The summed E-state index contributed by atoms with van der Waals surface area (Å²) in [6.07, 6.45) is 1.06. The molecule has 0 heterocycles. The van der Waals surface area contributed by atoms with Crippen molar-refractivity contribution in [1.82, 2.24) is 0 Å². The van der Waals surface area contributed by atoms with E-state index in [1.807, 2.05) is 6.92 Å². The molecule has 2 aromatic carbocycles. The van der Waals surface area contributed by atoms with E-state index < -0.39 is 14.9 Å². The molecule has 0 fully saturated rings. The second-order valence-corrected chi connectivity index (χ2v) is 7.66. The lowest BCUT2D eigenvalue weighted by atomic mass is 10.1. The molecule has 0 aromatic heterocycles. The summed E-state index contributed by atoms with van der Waals surface area (Å²) in [4.78, 5) is 22.2. The van der Waals surface area contributed by atoms with Crippen molar-refractivity contribution >= 4 is 32.9 Å². The lowest BCUT2D eigenvalue weighted by molar-refractivity contribution is -0.384. The van der Waals surface area contributed by atoms with Gasteiger partial charge in [0.25, 0.3) is 5.69 Å². The molecular formula is C17H19N3O5S. The van der Waals surface area contributed by atoms with Crippen LogP contribution in [0.5, 0.6) is 0 Å². The lowest BCUT2D eigenvalue weighted by Crippen LogP contribution is -2.11. The Bertz CT molecular complexity index is 939. The molecule has 2 aromatic rings. The van der Waals surface area contributed by atoms with Crippen molar-refractivity contribution in [3.8, 4) is 0 Å². The van der Waals surface area contributed by atoms with E-state index in [4.69, 9.17) is 0 Å². The van der Waals surface area contributed by atoms with E-state index in [9.17, 15) is 23.3 Å². The Morgan fingerprint density at radius 1 is 1.15 bits per heavy atom.